The van der Waals surface area contributed by atoms with Crippen LogP contribution in [0.3, 0.4) is 0 Å². The molecule has 0 radical (unpaired) electrons. The Morgan fingerprint density at radius 3 is 3.10 bits per heavy atom. The van der Waals surface area contributed by atoms with E-state index < -0.39 is 5.60 Å². The van der Waals surface area contributed by atoms with Gasteiger partial charge < -0.3 is 5.11 Å². The molecule has 1 atom stereocenters. The summed E-state index contributed by atoms with van der Waals surface area (Å²) < 4.78 is 1.80. The number of hydrogen-bond acceptors (Lipinski definition) is 5. The van der Waals surface area contributed by atoms with Gasteiger partial charge in [0.25, 0.3) is 0 Å². The van der Waals surface area contributed by atoms with Crippen LogP contribution < -0.4 is 0 Å². The number of aromatic amines is 1. The topological polar surface area (TPSA) is 79.6 Å². The van der Waals surface area contributed by atoms with Crippen LogP contribution in [0.5, 0.6) is 0 Å². The van der Waals surface area contributed by atoms with E-state index in [0.29, 0.717) is 6.42 Å². The summed E-state index contributed by atoms with van der Waals surface area (Å²) in [5, 5.41) is 27.5. The minimum Gasteiger partial charge on any atom is -0.384 e. The lowest BCUT2D eigenvalue weighted by Crippen LogP contribution is -2.23. The number of aliphatic hydroxyl groups is 1. The fourth-order valence-electron chi connectivity index (χ4n) is 2.21. The van der Waals surface area contributed by atoms with Gasteiger partial charge in [-0.05, 0) is 30.4 Å². The van der Waals surface area contributed by atoms with Gasteiger partial charge in [0, 0.05) is 30.2 Å². The second-order valence-corrected chi connectivity index (χ2v) is 6.21. The monoisotopic (exact) mass is 303 g/mol. The fraction of sp³-hybridized carbons (Fsp3) is 0.357. The maximum Gasteiger partial charge on any atom is 0.102 e. The Balaban J connectivity index is 1.62. The van der Waals surface area contributed by atoms with Gasteiger partial charge in [-0.1, -0.05) is 11.3 Å². The second kappa shape index (κ2) is 5.79. The molecule has 0 aliphatic rings. The number of nitrogens with one attached hydrogen (secondary N) is 1. The van der Waals surface area contributed by atoms with Crippen molar-refractivity contribution in [1.29, 1.82) is 0 Å². The minimum absolute atomic E-state index is 0.458. The van der Waals surface area contributed by atoms with Crippen molar-refractivity contribution >= 4 is 11.3 Å². The molecule has 0 aliphatic heterocycles. The lowest BCUT2D eigenvalue weighted by atomic mass is 9.99. The molecule has 3 aromatic rings. The molecule has 0 spiro atoms. The zero-order chi connectivity index (χ0) is 14.7. The second-order valence-electron chi connectivity index (χ2n) is 5.26. The molecule has 21 heavy (non-hydrogen) atoms. The van der Waals surface area contributed by atoms with Crippen molar-refractivity contribution in [1.82, 2.24) is 25.2 Å². The Bertz CT molecular complexity index is 672. The van der Waals surface area contributed by atoms with E-state index in [9.17, 15) is 5.11 Å². The molecule has 0 fully saturated rings. The van der Waals surface area contributed by atoms with Crippen LogP contribution in [-0.4, -0.2) is 30.3 Å². The summed E-state index contributed by atoms with van der Waals surface area (Å²) in [6.07, 6.45) is 6.88. The third-order valence-electron chi connectivity index (χ3n) is 3.35. The molecule has 0 aromatic carbocycles. The van der Waals surface area contributed by atoms with Gasteiger partial charge in [-0.3, -0.25) is 9.78 Å². The molecule has 1 unspecified atom stereocenters. The number of nitrogens with zero attached hydrogens (tertiary/aromatic N) is 4. The van der Waals surface area contributed by atoms with Crippen molar-refractivity contribution in [3.05, 3.63) is 52.2 Å². The van der Waals surface area contributed by atoms with Crippen molar-refractivity contribution in [2.75, 3.05) is 0 Å². The SMILES string of the molecule is CC(O)(Cc1cn(CCc2cn[nH]c2)nn1)c1cccs1. The quantitative estimate of drug-likeness (QED) is 0.727. The van der Waals surface area contributed by atoms with Gasteiger partial charge >= 0.3 is 0 Å². The Labute approximate surface area is 126 Å². The molecule has 110 valence electrons. The van der Waals surface area contributed by atoms with Crippen LogP contribution in [0.25, 0.3) is 0 Å². The van der Waals surface area contributed by atoms with Crippen LogP contribution in [0.1, 0.15) is 23.1 Å². The van der Waals surface area contributed by atoms with Gasteiger partial charge in [0.15, 0.2) is 0 Å². The van der Waals surface area contributed by atoms with Crippen molar-refractivity contribution in [2.45, 2.75) is 31.9 Å². The predicted molar refractivity (Wildman–Crippen MR) is 79.9 cm³/mol. The molecule has 0 saturated heterocycles. The molecule has 2 N–H and O–H groups in total. The molecular formula is C14H17N5OS. The summed E-state index contributed by atoms with van der Waals surface area (Å²) in [6, 6.07) is 3.88. The van der Waals surface area contributed by atoms with E-state index in [1.165, 1.54) is 0 Å². The standard InChI is InChI=1S/C14H17N5OS/c1-14(20,13-3-2-6-21-13)7-12-10-19(18-17-12)5-4-11-8-15-16-9-11/h2-3,6,8-10,20H,4-5,7H2,1H3,(H,15,16). The van der Waals surface area contributed by atoms with Crippen LogP contribution in [-0.2, 0) is 25.0 Å². The van der Waals surface area contributed by atoms with Gasteiger partial charge in [-0.15, -0.1) is 16.4 Å². The normalized spacial score (nSPS) is 14.2. The van der Waals surface area contributed by atoms with Crippen LogP contribution in [0, 0.1) is 0 Å². The van der Waals surface area contributed by atoms with E-state index in [0.717, 1.165) is 29.1 Å². The molecule has 3 rings (SSSR count). The van der Waals surface area contributed by atoms with E-state index >= 15 is 0 Å². The average molecular weight is 303 g/mol. The molecule has 0 bridgehead atoms. The third kappa shape index (κ3) is 3.37. The lowest BCUT2D eigenvalue weighted by molar-refractivity contribution is 0.0604. The lowest BCUT2D eigenvalue weighted by Gasteiger charge is -2.20. The van der Waals surface area contributed by atoms with Gasteiger partial charge in [0.1, 0.15) is 5.60 Å². The Morgan fingerprint density at radius 2 is 2.38 bits per heavy atom. The summed E-state index contributed by atoms with van der Waals surface area (Å²) in [5.74, 6) is 0. The molecular weight excluding hydrogens is 286 g/mol. The minimum atomic E-state index is -0.903. The fourth-order valence-corrected chi connectivity index (χ4v) is 3.00. The van der Waals surface area contributed by atoms with E-state index in [4.69, 9.17) is 0 Å². The maximum atomic E-state index is 10.5. The highest BCUT2D eigenvalue weighted by molar-refractivity contribution is 7.10. The highest BCUT2D eigenvalue weighted by atomic mass is 32.1. The van der Waals surface area contributed by atoms with Crippen molar-refractivity contribution in [3.8, 4) is 0 Å². The summed E-state index contributed by atoms with van der Waals surface area (Å²) >= 11 is 1.55. The van der Waals surface area contributed by atoms with Gasteiger partial charge in [0.05, 0.1) is 11.9 Å². The van der Waals surface area contributed by atoms with Crippen LogP contribution in [0.4, 0.5) is 0 Å². The molecule has 0 amide bonds. The predicted octanol–water partition coefficient (Wildman–Crippen LogP) is 1.76. The van der Waals surface area contributed by atoms with Crippen LogP contribution in [0.15, 0.2) is 36.1 Å². The molecule has 0 aliphatic carbocycles. The van der Waals surface area contributed by atoms with Crippen molar-refractivity contribution in [2.24, 2.45) is 0 Å². The maximum absolute atomic E-state index is 10.5. The van der Waals surface area contributed by atoms with Crippen molar-refractivity contribution in [3.63, 3.8) is 0 Å². The van der Waals surface area contributed by atoms with Gasteiger partial charge in [0.2, 0.25) is 0 Å². The van der Waals surface area contributed by atoms with E-state index in [1.54, 1.807) is 22.2 Å². The first kappa shape index (κ1) is 14.0. The van der Waals surface area contributed by atoms with E-state index in [1.807, 2.05) is 36.8 Å². The highest BCUT2D eigenvalue weighted by Gasteiger charge is 2.26. The van der Waals surface area contributed by atoms with Crippen LogP contribution in [0.2, 0.25) is 0 Å². The molecule has 6 nitrogen and oxygen atoms in total. The zero-order valence-electron chi connectivity index (χ0n) is 11.7. The highest BCUT2D eigenvalue weighted by Crippen LogP contribution is 2.28. The Kier molecular flexibility index (Phi) is 3.85. The van der Waals surface area contributed by atoms with Crippen molar-refractivity contribution < 1.29 is 5.11 Å². The van der Waals surface area contributed by atoms with Gasteiger partial charge in [-0.25, -0.2) is 0 Å². The summed E-state index contributed by atoms with van der Waals surface area (Å²) in [6.45, 7) is 2.55. The smallest absolute Gasteiger partial charge is 0.102 e. The Hall–Kier alpha value is -1.99. The summed E-state index contributed by atoms with van der Waals surface area (Å²) in [4.78, 5) is 0.940. The van der Waals surface area contributed by atoms with E-state index in [2.05, 4.69) is 20.5 Å². The molecule has 3 aromatic heterocycles. The van der Waals surface area contributed by atoms with Crippen LogP contribution >= 0.6 is 11.3 Å². The zero-order valence-corrected chi connectivity index (χ0v) is 12.5. The number of thiophene rings is 1. The van der Waals surface area contributed by atoms with E-state index in [-0.39, 0.29) is 0 Å². The number of rotatable bonds is 6. The third-order valence-corrected chi connectivity index (χ3v) is 4.47. The molecule has 0 saturated carbocycles. The first-order valence-corrected chi connectivity index (χ1v) is 7.64. The molecule has 7 heteroatoms. The first-order chi connectivity index (χ1) is 10.1. The summed E-state index contributed by atoms with van der Waals surface area (Å²) in [7, 11) is 0. The summed E-state index contributed by atoms with van der Waals surface area (Å²) in [5.41, 5.74) is 1.03. The first-order valence-electron chi connectivity index (χ1n) is 6.76. The molecule has 3 heterocycles. The number of H-pyrrole nitrogens is 1. The number of hydrogen-bond donors (Lipinski definition) is 2. The number of aromatic nitrogens is 5. The Morgan fingerprint density at radius 1 is 1.48 bits per heavy atom. The largest absolute Gasteiger partial charge is 0.384 e. The average Bonchev–Trinajstić information content (AvgIpc) is 3.19. The van der Waals surface area contributed by atoms with Gasteiger partial charge in [-0.2, -0.15) is 5.10 Å². The number of aryl methyl sites for hydroxylation is 2.